The predicted molar refractivity (Wildman–Crippen MR) is 145 cm³/mol. The molecule has 1 saturated heterocycles. The van der Waals surface area contributed by atoms with Crippen molar-refractivity contribution in [3.63, 3.8) is 0 Å². The molecular weight excluding hydrogens is 521 g/mol. The first-order valence-electron chi connectivity index (χ1n) is 12.7. The lowest BCUT2D eigenvalue weighted by Gasteiger charge is -2.37. The zero-order valence-corrected chi connectivity index (χ0v) is 21.7. The van der Waals surface area contributed by atoms with Crippen molar-refractivity contribution in [3.8, 4) is 34.1 Å². The number of nitrogens with two attached hydrogens (primary N) is 1. The van der Waals surface area contributed by atoms with Crippen molar-refractivity contribution in [1.29, 1.82) is 5.26 Å². The number of aromatic nitrogens is 1. The maximum atomic E-state index is 14.6. The molecule has 1 fully saturated rings. The lowest BCUT2D eigenvalue weighted by molar-refractivity contribution is 0.132. The van der Waals surface area contributed by atoms with Gasteiger partial charge in [-0.3, -0.25) is 4.98 Å². The third-order valence-electron chi connectivity index (χ3n) is 6.98. The summed E-state index contributed by atoms with van der Waals surface area (Å²) in [6.45, 7) is 1.08. The van der Waals surface area contributed by atoms with Crippen molar-refractivity contribution in [2.45, 2.75) is 18.6 Å². The van der Waals surface area contributed by atoms with Crippen molar-refractivity contribution < 1.29 is 27.8 Å². The van der Waals surface area contributed by atoms with Crippen LogP contribution >= 0.6 is 0 Å². The van der Waals surface area contributed by atoms with Gasteiger partial charge in [-0.05, 0) is 53.9 Å². The highest BCUT2D eigenvalue weighted by atomic mass is 19.1. The number of ether oxygens (including phenoxy) is 2. The van der Waals surface area contributed by atoms with Gasteiger partial charge in [0.05, 0.1) is 29.5 Å². The Morgan fingerprint density at radius 1 is 1.02 bits per heavy atom. The van der Waals surface area contributed by atoms with Crippen LogP contribution in [0, 0.1) is 28.8 Å². The van der Waals surface area contributed by atoms with Gasteiger partial charge in [0, 0.05) is 55.0 Å². The number of pyridine rings is 1. The van der Waals surface area contributed by atoms with Crippen LogP contribution in [0.15, 0.2) is 54.7 Å². The number of piperidine rings is 1. The van der Waals surface area contributed by atoms with Gasteiger partial charge in [0.2, 0.25) is 0 Å². The molecule has 2 atom stereocenters. The zero-order valence-electron chi connectivity index (χ0n) is 21.7. The number of aliphatic hydroxyl groups excluding tert-OH is 1. The molecule has 0 unspecified atom stereocenters. The summed E-state index contributed by atoms with van der Waals surface area (Å²) >= 11 is 0. The molecule has 7 nitrogen and oxygen atoms in total. The van der Waals surface area contributed by atoms with E-state index in [1.54, 1.807) is 24.4 Å². The lowest BCUT2D eigenvalue weighted by Crippen LogP contribution is -2.50. The van der Waals surface area contributed by atoms with E-state index >= 15 is 0 Å². The third-order valence-corrected chi connectivity index (χ3v) is 6.98. The number of methoxy groups -OCH3 is 1. The number of rotatable bonds is 7. The molecule has 0 aliphatic carbocycles. The third kappa shape index (κ3) is 5.45. The molecule has 5 rings (SSSR count). The monoisotopic (exact) mass is 548 g/mol. The summed E-state index contributed by atoms with van der Waals surface area (Å²) in [6, 6.07) is 12.5. The average molecular weight is 549 g/mol. The maximum Gasteiger partial charge on any atom is 0.145 e. The molecule has 10 heteroatoms. The number of halogens is 3. The number of aliphatic hydroxyl groups is 1. The van der Waals surface area contributed by atoms with Crippen LogP contribution in [0.5, 0.6) is 5.75 Å². The SMILES string of the molecule is COCCOc1c(C#N)cc(F)cc1-c1ccc2ncc(-c3cc(F)cc(F)c3)c(N3CC[C@H](N)[C@H](O)C3)c2c1. The fraction of sp³-hybridized carbons (Fsp3) is 0.267. The summed E-state index contributed by atoms with van der Waals surface area (Å²) in [5.41, 5.74) is 8.88. The van der Waals surface area contributed by atoms with E-state index in [-0.39, 0.29) is 36.6 Å². The molecule has 0 radical (unpaired) electrons. The van der Waals surface area contributed by atoms with E-state index in [0.717, 1.165) is 12.1 Å². The Hall–Kier alpha value is -4.17. The summed E-state index contributed by atoms with van der Waals surface area (Å²) in [7, 11) is 1.52. The van der Waals surface area contributed by atoms with E-state index in [0.29, 0.717) is 46.2 Å². The Bertz CT molecular complexity index is 1590. The van der Waals surface area contributed by atoms with Crippen molar-refractivity contribution in [2.24, 2.45) is 5.73 Å². The van der Waals surface area contributed by atoms with Crippen LogP contribution in [0.2, 0.25) is 0 Å². The fourth-order valence-electron chi connectivity index (χ4n) is 5.03. The highest BCUT2D eigenvalue weighted by Gasteiger charge is 2.28. The van der Waals surface area contributed by atoms with Crippen molar-refractivity contribution in [3.05, 3.63) is 77.7 Å². The number of anilines is 1. The molecule has 2 heterocycles. The molecule has 40 heavy (non-hydrogen) atoms. The van der Waals surface area contributed by atoms with E-state index in [2.05, 4.69) is 4.98 Å². The average Bonchev–Trinajstić information content (AvgIpc) is 2.93. The van der Waals surface area contributed by atoms with Crippen molar-refractivity contribution in [2.75, 3.05) is 38.3 Å². The van der Waals surface area contributed by atoms with E-state index in [4.69, 9.17) is 15.2 Å². The summed E-state index contributed by atoms with van der Waals surface area (Å²) < 4.78 is 54.1. The number of hydrogen-bond donors (Lipinski definition) is 2. The predicted octanol–water partition coefficient (Wildman–Crippen LogP) is 4.78. The highest BCUT2D eigenvalue weighted by molar-refractivity contribution is 6.02. The number of fused-ring (bicyclic) bond motifs is 1. The minimum absolute atomic E-state index is 0.0293. The Labute approximate surface area is 229 Å². The molecule has 0 spiro atoms. The van der Waals surface area contributed by atoms with Gasteiger partial charge in [-0.15, -0.1) is 0 Å². The van der Waals surface area contributed by atoms with Crippen LogP contribution in [0.1, 0.15) is 12.0 Å². The lowest BCUT2D eigenvalue weighted by atomic mass is 9.94. The van der Waals surface area contributed by atoms with Crippen LogP contribution in [0.25, 0.3) is 33.2 Å². The molecule has 0 amide bonds. The Kier molecular flexibility index (Phi) is 7.89. The van der Waals surface area contributed by atoms with Gasteiger partial charge in [0.1, 0.15) is 35.9 Å². The number of nitriles is 1. The number of benzene rings is 3. The Morgan fingerprint density at radius 3 is 2.48 bits per heavy atom. The van der Waals surface area contributed by atoms with Gasteiger partial charge in [-0.2, -0.15) is 5.26 Å². The molecule has 1 aromatic heterocycles. The largest absolute Gasteiger partial charge is 0.489 e. The van der Waals surface area contributed by atoms with E-state index in [9.17, 15) is 23.5 Å². The van der Waals surface area contributed by atoms with Crippen LogP contribution in [0.3, 0.4) is 0 Å². The van der Waals surface area contributed by atoms with Crippen molar-refractivity contribution >= 4 is 16.6 Å². The minimum atomic E-state index is -0.820. The van der Waals surface area contributed by atoms with Crippen molar-refractivity contribution in [1.82, 2.24) is 4.98 Å². The first-order valence-corrected chi connectivity index (χ1v) is 12.7. The number of nitrogens with zero attached hydrogens (tertiary/aromatic N) is 3. The maximum absolute atomic E-state index is 14.6. The number of β-amino-alcohol motifs (C(OH)–C–C–N with tert-alkyl or cyclic N) is 1. The van der Waals surface area contributed by atoms with E-state index < -0.39 is 29.6 Å². The summed E-state index contributed by atoms with van der Waals surface area (Å²) in [4.78, 5) is 6.46. The molecular formula is C30H27F3N4O3. The molecule has 0 bridgehead atoms. The highest BCUT2D eigenvalue weighted by Crippen LogP contribution is 2.41. The number of hydrogen-bond acceptors (Lipinski definition) is 7. The Balaban J connectivity index is 1.74. The summed E-state index contributed by atoms with van der Waals surface area (Å²) in [5.74, 6) is -1.88. The van der Waals surface area contributed by atoms with Gasteiger partial charge in [-0.25, -0.2) is 13.2 Å². The van der Waals surface area contributed by atoms with Gasteiger partial charge < -0.3 is 25.2 Å². The van der Waals surface area contributed by atoms with Gasteiger partial charge in [0.25, 0.3) is 0 Å². The molecule has 0 saturated carbocycles. The van der Waals surface area contributed by atoms with Crippen LogP contribution in [-0.2, 0) is 4.74 Å². The molecule has 206 valence electrons. The summed E-state index contributed by atoms with van der Waals surface area (Å²) in [6.07, 6.45) is 1.22. The first-order chi connectivity index (χ1) is 19.3. The zero-order chi connectivity index (χ0) is 28.4. The molecule has 4 aromatic rings. The van der Waals surface area contributed by atoms with E-state index in [1.165, 1.54) is 25.3 Å². The van der Waals surface area contributed by atoms with Gasteiger partial charge in [-0.1, -0.05) is 6.07 Å². The van der Waals surface area contributed by atoms with Gasteiger partial charge in [0.15, 0.2) is 0 Å². The molecule has 3 aromatic carbocycles. The second-order valence-corrected chi connectivity index (χ2v) is 9.66. The second kappa shape index (κ2) is 11.5. The van der Waals surface area contributed by atoms with Crippen LogP contribution in [0.4, 0.5) is 18.9 Å². The molecule has 1 aliphatic heterocycles. The minimum Gasteiger partial charge on any atom is -0.489 e. The van der Waals surface area contributed by atoms with Crippen LogP contribution < -0.4 is 15.4 Å². The molecule has 3 N–H and O–H groups in total. The Morgan fingerprint density at radius 2 is 1.77 bits per heavy atom. The second-order valence-electron chi connectivity index (χ2n) is 9.66. The smallest absolute Gasteiger partial charge is 0.145 e. The van der Waals surface area contributed by atoms with Crippen LogP contribution in [-0.4, -0.2) is 55.6 Å². The van der Waals surface area contributed by atoms with Gasteiger partial charge >= 0.3 is 0 Å². The quantitative estimate of drug-likeness (QED) is 0.320. The van der Waals surface area contributed by atoms with E-state index in [1.807, 2.05) is 11.0 Å². The molecule has 1 aliphatic rings. The normalized spacial score (nSPS) is 17.2. The topological polar surface area (TPSA) is 105 Å². The summed E-state index contributed by atoms with van der Waals surface area (Å²) in [5, 5.41) is 20.9. The first kappa shape index (κ1) is 27.4. The fourth-order valence-corrected chi connectivity index (χ4v) is 5.03. The standard InChI is InChI=1S/C30H27F3N4O3/c1-39-6-7-40-30-19(14-34)10-22(33)13-23(30)17-2-3-27-24(11-17)29(37-5-4-26(35)28(38)16-37)25(15-36-27)18-8-20(31)12-21(32)9-18/h2-3,8-13,15,26,28,38H,4-7,16,35H2,1H3/t26-,28+/m0/s1.